The van der Waals surface area contributed by atoms with Crippen LogP contribution < -0.4 is 0 Å². The minimum absolute atomic E-state index is 0.299. The Balaban J connectivity index is 2.21. The van der Waals surface area contributed by atoms with E-state index in [0.717, 1.165) is 26.4 Å². The van der Waals surface area contributed by atoms with E-state index in [1.807, 2.05) is 36.4 Å². The first kappa shape index (κ1) is 12.9. The molecule has 0 heterocycles. The monoisotopic (exact) mass is 326 g/mol. The van der Waals surface area contributed by atoms with Crippen LogP contribution in [0.25, 0.3) is 21.9 Å². The van der Waals surface area contributed by atoms with Crippen LogP contribution in [0.4, 0.5) is 0 Å². The number of carboxylic acid groups (broad SMARTS) is 1. The molecular weight excluding hydrogens is 316 g/mol. The molecule has 0 atom stereocenters. The van der Waals surface area contributed by atoms with E-state index < -0.39 is 5.97 Å². The lowest BCUT2D eigenvalue weighted by atomic mass is 9.97. The molecule has 0 saturated heterocycles. The second-order valence-electron chi connectivity index (χ2n) is 4.53. The Labute approximate surface area is 124 Å². The molecule has 0 radical (unpaired) electrons. The van der Waals surface area contributed by atoms with E-state index in [1.165, 1.54) is 0 Å². The molecule has 3 heteroatoms. The molecule has 3 rings (SSSR count). The first-order chi connectivity index (χ1) is 9.66. The van der Waals surface area contributed by atoms with Crippen molar-refractivity contribution < 1.29 is 9.90 Å². The average molecular weight is 327 g/mol. The summed E-state index contributed by atoms with van der Waals surface area (Å²) in [7, 11) is 0. The van der Waals surface area contributed by atoms with Crippen molar-refractivity contribution in [1.82, 2.24) is 0 Å². The molecule has 0 fully saturated rings. The van der Waals surface area contributed by atoms with E-state index in [-0.39, 0.29) is 0 Å². The van der Waals surface area contributed by atoms with E-state index in [9.17, 15) is 4.79 Å². The van der Waals surface area contributed by atoms with Gasteiger partial charge < -0.3 is 5.11 Å². The first-order valence-corrected chi connectivity index (χ1v) is 6.97. The molecular formula is C17H11BrO2. The molecule has 0 aliphatic rings. The Morgan fingerprint density at radius 3 is 2.20 bits per heavy atom. The molecule has 0 saturated carbocycles. The number of aromatic carboxylic acids is 1. The first-order valence-electron chi connectivity index (χ1n) is 6.18. The summed E-state index contributed by atoms with van der Waals surface area (Å²) in [5.74, 6) is -0.907. The third-order valence-corrected chi connectivity index (χ3v) is 3.96. The molecule has 98 valence electrons. The van der Waals surface area contributed by atoms with E-state index in [1.54, 1.807) is 12.1 Å². The summed E-state index contributed by atoms with van der Waals surface area (Å²) in [4.78, 5) is 10.9. The highest BCUT2D eigenvalue weighted by atomic mass is 79.9. The van der Waals surface area contributed by atoms with Gasteiger partial charge in [0.1, 0.15) is 0 Å². The number of rotatable bonds is 2. The fraction of sp³-hybridized carbons (Fsp3) is 0. The molecule has 0 aliphatic carbocycles. The van der Waals surface area contributed by atoms with Gasteiger partial charge in [-0.3, -0.25) is 0 Å². The van der Waals surface area contributed by atoms with E-state index in [2.05, 4.69) is 28.1 Å². The largest absolute Gasteiger partial charge is 0.478 e. The summed E-state index contributed by atoms with van der Waals surface area (Å²) in [6.07, 6.45) is 0. The van der Waals surface area contributed by atoms with Crippen molar-refractivity contribution in [2.75, 3.05) is 0 Å². The molecule has 3 aromatic carbocycles. The predicted octanol–water partition coefficient (Wildman–Crippen LogP) is 4.97. The van der Waals surface area contributed by atoms with E-state index >= 15 is 0 Å². The summed E-state index contributed by atoms with van der Waals surface area (Å²) in [5, 5.41) is 11.2. The Kier molecular flexibility index (Phi) is 3.28. The molecule has 0 spiro atoms. The van der Waals surface area contributed by atoms with Crippen LogP contribution in [0.1, 0.15) is 10.4 Å². The Morgan fingerprint density at radius 2 is 1.55 bits per heavy atom. The second-order valence-corrected chi connectivity index (χ2v) is 5.38. The van der Waals surface area contributed by atoms with Crippen LogP contribution in [-0.2, 0) is 0 Å². The summed E-state index contributed by atoms with van der Waals surface area (Å²) in [6.45, 7) is 0. The van der Waals surface area contributed by atoms with Gasteiger partial charge in [-0.05, 0) is 34.7 Å². The van der Waals surface area contributed by atoms with Crippen molar-refractivity contribution in [3.63, 3.8) is 0 Å². The van der Waals surface area contributed by atoms with E-state index in [0.29, 0.717) is 5.56 Å². The lowest BCUT2D eigenvalue weighted by Crippen LogP contribution is -1.95. The number of fused-ring (bicyclic) bond motifs is 1. The van der Waals surface area contributed by atoms with Crippen LogP contribution in [0.15, 0.2) is 65.1 Å². The van der Waals surface area contributed by atoms with Crippen molar-refractivity contribution in [3.8, 4) is 11.1 Å². The zero-order chi connectivity index (χ0) is 14.1. The standard InChI is InChI=1S/C17H11BrO2/c18-15-6-2-4-12-3-1-5-14(16(12)15)11-7-9-13(10-8-11)17(19)20/h1-10H,(H,19,20). The molecule has 0 aliphatic heterocycles. The Morgan fingerprint density at radius 1 is 0.900 bits per heavy atom. The second kappa shape index (κ2) is 5.10. The topological polar surface area (TPSA) is 37.3 Å². The van der Waals surface area contributed by atoms with Gasteiger partial charge in [-0.15, -0.1) is 0 Å². The predicted molar refractivity (Wildman–Crippen MR) is 84.0 cm³/mol. The zero-order valence-electron chi connectivity index (χ0n) is 10.5. The van der Waals surface area contributed by atoms with Crippen LogP contribution in [-0.4, -0.2) is 11.1 Å². The maximum atomic E-state index is 10.9. The smallest absolute Gasteiger partial charge is 0.335 e. The van der Waals surface area contributed by atoms with Gasteiger partial charge in [-0.2, -0.15) is 0 Å². The number of carboxylic acids is 1. The van der Waals surface area contributed by atoms with Crippen molar-refractivity contribution in [2.24, 2.45) is 0 Å². The van der Waals surface area contributed by atoms with Crippen LogP contribution in [0.5, 0.6) is 0 Å². The summed E-state index contributed by atoms with van der Waals surface area (Å²) in [6, 6.07) is 19.2. The van der Waals surface area contributed by atoms with Gasteiger partial charge in [0.25, 0.3) is 0 Å². The number of hydrogen-bond acceptors (Lipinski definition) is 1. The fourth-order valence-corrected chi connectivity index (χ4v) is 2.92. The highest BCUT2D eigenvalue weighted by molar-refractivity contribution is 9.10. The quantitative estimate of drug-likeness (QED) is 0.722. The normalized spacial score (nSPS) is 10.7. The van der Waals surface area contributed by atoms with Gasteiger partial charge in [0, 0.05) is 9.86 Å². The molecule has 0 aromatic heterocycles. The number of carbonyl (C=O) groups is 1. The fourth-order valence-electron chi connectivity index (χ4n) is 2.33. The lowest BCUT2D eigenvalue weighted by molar-refractivity contribution is 0.0697. The van der Waals surface area contributed by atoms with Crippen molar-refractivity contribution in [1.29, 1.82) is 0 Å². The van der Waals surface area contributed by atoms with Gasteiger partial charge in [0.15, 0.2) is 0 Å². The number of hydrogen-bond donors (Lipinski definition) is 1. The SMILES string of the molecule is O=C(O)c1ccc(-c2cccc3cccc(Br)c23)cc1. The Hall–Kier alpha value is -2.13. The molecule has 0 amide bonds. The molecule has 3 aromatic rings. The van der Waals surface area contributed by atoms with Crippen LogP contribution in [0, 0.1) is 0 Å². The molecule has 0 unspecified atom stereocenters. The van der Waals surface area contributed by atoms with Gasteiger partial charge in [-0.25, -0.2) is 4.79 Å². The summed E-state index contributed by atoms with van der Waals surface area (Å²) in [5.41, 5.74) is 2.40. The average Bonchev–Trinajstić information content (AvgIpc) is 2.47. The van der Waals surface area contributed by atoms with Gasteiger partial charge in [0.05, 0.1) is 5.56 Å². The third kappa shape index (κ3) is 2.21. The third-order valence-electron chi connectivity index (χ3n) is 3.30. The number of halogens is 1. The highest BCUT2D eigenvalue weighted by Gasteiger charge is 2.08. The number of benzene rings is 3. The minimum atomic E-state index is -0.907. The van der Waals surface area contributed by atoms with Gasteiger partial charge >= 0.3 is 5.97 Å². The zero-order valence-corrected chi connectivity index (χ0v) is 12.1. The van der Waals surface area contributed by atoms with Crippen molar-refractivity contribution >= 4 is 32.7 Å². The molecule has 20 heavy (non-hydrogen) atoms. The molecule has 2 nitrogen and oxygen atoms in total. The maximum Gasteiger partial charge on any atom is 0.335 e. The van der Waals surface area contributed by atoms with E-state index in [4.69, 9.17) is 5.11 Å². The Bertz CT molecular complexity index is 786. The van der Waals surface area contributed by atoms with Crippen LogP contribution >= 0.6 is 15.9 Å². The van der Waals surface area contributed by atoms with Crippen molar-refractivity contribution in [2.45, 2.75) is 0 Å². The summed E-state index contributed by atoms with van der Waals surface area (Å²) < 4.78 is 1.04. The van der Waals surface area contributed by atoms with Gasteiger partial charge in [-0.1, -0.05) is 58.4 Å². The van der Waals surface area contributed by atoms with Crippen molar-refractivity contribution in [3.05, 3.63) is 70.7 Å². The lowest BCUT2D eigenvalue weighted by Gasteiger charge is -2.09. The van der Waals surface area contributed by atoms with Crippen LogP contribution in [0.2, 0.25) is 0 Å². The van der Waals surface area contributed by atoms with Gasteiger partial charge in [0.2, 0.25) is 0 Å². The highest BCUT2D eigenvalue weighted by Crippen LogP contribution is 2.33. The maximum absolute atomic E-state index is 10.9. The summed E-state index contributed by atoms with van der Waals surface area (Å²) >= 11 is 3.59. The minimum Gasteiger partial charge on any atom is -0.478 e. The molecule has 0 bridgehead atoms. The van der Waals surface area contributed by atoms with Crippen LogP contribution in [0.3, 0.4) is 0 Å². The molecule has 1 N–H and O–H groups in total.